The smallest absolute Gasteiger partial charge is 0.281 e. The number of carbonyl (C=O) groups excluding carboxylic acids is 2. The highest BCUT2D eigenvalue weighted by atomic mass is 32.1. The fourth-order valence-corrected chi connectivity index (χ4v) is 2.64. The summed E-state index contributed by atoms with van der Waals surface area (Å²) in [6.45, 7) is 6.70. The van der Waals surface area contributed by atoms with Crippen LogP contribution in [0.2, 0.25) is 0 Å². The summed E-state index contributed by atoms with van der Waals surface area (Å²) in [5, 5.41) is 0.883. The van der Waals surface area contributed by atoms with Crippen molar-refractivity contribution < 1.29 is 14.3 Å². The highest BCUT2D eigenvalue weighted by molar-refractivity contribution is 7.13. The monoisotopic (exact) mass is 297 g/mol. The minimum absolute atomic E-state index is 0.0931. The first-order chi connectivity index (χ1) is 9.38. The maximum atomic E-state index is 11.9. The molecule has 1 aromatic rings. The van der Waals surface area contributed by atoms with Crippen molar-refractivity contribution in [3.63, 3.8) is 0 Å². The zero-order valence-electron chi connectivity index (χ0n) is 11.9. The van der Waals surface area contributed by atoms with E-state index in [4.69, 9.17) is 4.74 Å². The lowest BCUT2D eigenvalue weighted by Crippen LogP contribution is -2.46. The second-order valence-corrected chi connectivity index (χ2v) is 6.76. The molecular weight excluding hydrogens is 278 g/mol. The van der Waals surface area contributed by atoms with Crippen LogP contribution in [0.25, 0.3) is 0 Å². The number of aromatic nitrogens is 1. The van der Waals surface area contributed by atoms with Gasteiger partial charge in [-0.25, -0.2) is 4.98 Å². The van der Waals surface area contributed by atoms with Crippen molar-refractivity contribution in [1.29, 1.82) is 0 Å². The molecule has 2 N–H and O–H groups in total. The lowest BCUT2D eigenvalue weighted by atomic mass is 9.98. The SMILES string of the molecule is CC(C)(C)c1ncc(C(=O)NNC(=O)C2CCCO2)s1. The van der Waals surface area contributed by atoms with Gasteiger partial charge in [-0.2, -0.15) is 0 Å². The normalized spacial score (nSPS) is 18.9. The Morgan fingerprint density at radius 3 is 2.70 bits per heavy atom. The molecule has 1 saturated heterocycles. The number of nitrogens with one attached hydrogen (secondary N) is 2. The summed E-state index contributed by atoms with van der Waals surface area (Å²) < 4.78 is 5.23. The van der Waals surface area contributed by atoms with Crippen LogP contribution in [0, 0.1) is 0 Å². The molecule has 6 nitrogen and oxygen atoms in total. The Bertz CT molecular complexity index is 501. The van der Waals surface area contributed by atoms with Crippen molar-refractivity contribution in [1.82, 2.24) is 15.8 Å². The fraction of sp³-hybridized carbons (Fsp3) is 0.615. The van der Waals surface area contributed by atoms with Crippen molar-refractivity contribution in [3.05, 3.63) is 16.1 Å². The topological polar surface area (TPSA) is 80.3 Å². The van der Waals surface area contributed by atoms with Crippen molar-refractivity contribution >= 4 is 23.2 Å². The molecule has 0 aromatic carbocycles. The second-order valence-electron chi connectivity index (χ2n) is 5.72. The van der Waals surface area contributed by atoms with Crippen LogP contribution in [0.1, 0.15) is 48.3 Å². The molecule has 2 heterocycles. The number of hydrazine groups is 1. The molecule has 0 bridgehead atoms. The van der Waals surface area contributed by atoms with E-state index in [0.717, 1.165) is 11.4 Å². The number of hydrogen-bond donors (Lipinski definition) is 2. The second kappa shape index (κ2) is 5.88. The molecule has 0 radical (unpaired) electrons. The average Bonchev–Trinajstić information content (AvgIpc) is 3.04. The number of rotatable bonds is 2. The third-order valence-electron chi connectivity index (χ3n) is 2.89. The Morgan fingerprint density at radius 2 is 2.15 bits per heavy atom. The van der Waals surface area contributed by atoms with Crippen molar-refractivity contribution in [2.24, 2.45) is 0 Å². The summed E-state index contributed by atoms with van der Waals surface area (Å²) in [7, 11) is 0. The van der Waals surface area contributed by atoms with Gasteiger partial charge in [0.05, 0.1) is 11.2 Å². The number of ether oxygens (including phenoxy) is 1. The van der Waals surface area contributed by atoms with Gasteiger partial charge in [-0.3, -0.25) is 20.4 Å². The molecule has 2 rings (SSSR count). The molecule has 2 amide bonds. The van der Waals surface area contributed by atoms with Crippen molar-refractivity contribution in [2.75, 3.05) is 6.61 Å². The van der Waals surface area contributed by atoms with Gasteiger partial charge in [-0.1, -0.05) is 20.8 Å². The lowest BCUT2D eigenvalue weighted by Gasteiger charge is -2.13. The molecule has 1 aliphatic heterocycles. The Balaban J connectivity index is 1.88. The molecule has 1 atom stereocenters. The molecule has 0 aliphatic carbocycles. The number of thiazole rings is 1. The Morgan fingerprint density at radius 1 is 1.40 bits per heavy atom. The molecule has 1 aromatic heterocycles. The van der Waals surface area contributed by atoms with Gasteiger partial charge in [-0.15, -0.1) is 11.3 Å². The summed E-state index contributed by atoms with van der Waals surface area (Å²) in [4.78, 5) is 28.3. The van der Waals surface area contributed by atoms with Crippen LogP contribution in [0.3, 0.4) is 0 Å². The van der Waals surface area contributed by atoms with Crippen LogP contribution in [-0.2, 0) is 14.9 Å². The average molecular weight is 297 g/mol. The summed E-state index contributed by atoms with van der Waals surface area (Å²) in [6.07, 6.45) is 2.63. The van der Waals surface area contributed by atoms with Gasteiger partial charge in [0.15, 0.2) is 0 Å². The predicted octanol–water partition coefficient (Wildman–Crippen LogP) is 1.38. The summed E-state index contributed by atoms with van der Waals surface area (Å²) in [5.41, 5.74) is 4.69. The Kier molecular flexibility index (Phi) is 4.39. The molecule has 1 fully saturated rings. The van der Waals surface area contributed by atoms with Gasteiger partial charge in [0.2, 0.25) is 0 Å². The molecule has 1 unspecified atom stereocenters. The number of carbonyl (C=O) groups is 2. The maximum absolute atomic E-state index is 11.9. The molecule has 0 spiro atoms. The van der Waals surface area contributed by atoms with E-state index in [9.17, 15) is 9.59 Å². The van der Waals surface area contributed by atoms with E-state index in [2.05, 4.69) is 15.8 Å². The minimum Gasteiger partial charge on any atom is -0.368 e. The zero-order chi connectivity index (χ0) is 14.8. The first-order valence-electron chi connectivity index (χ1n) is 6.56. The first kappa shape index (κ1) is 14.9. The van der Waals surface area contributed by atoms with E-state index < -0.39 is 6.10 Å². The Labute approximate surface area is 121 Å². The van der Waals surface area contributed by atoms with Crippen LogP contribution in [0.15, 0.2) is 6.20 Å². The maximum Gasteiger partial charge on any atom is 0.281 e. The Hall–Kier alpha value is -1.47. The highest BCUT2D eigenvalue weighted by Gasteiger charge is 2.24. The fourth-order valence-electron chi connectivity index (χ4n) is 1.77. The molecule has 7 heteroatoms. The van der Waals surface area contributed by atoms with E-state index in [-0.39, 0.29) is 17.2 Å². The van der Waals surface area contributed by atoms with Gasteiger partial charge in [0, 0.05) is 12.0 Å². The van der Waals surface area contributed by atoms with Crippen LogP contribution in [0.4, 0.5) is 0 Å². The molecule has 20 heavy (non-hydrogen) atoms. The van der Waals surface area contributed by atoms with E-state index in [0.29, 0.717) is 17.9 Å². The summed E-state index contributed by atoms with van der Waals surface area (Å²) >= 11 is 1.33. The quantitative estimate of drug-likeness (QED) is 0.808. The van der Waals surface area contributed by atoms with E-state index in [1.165, 1.54) is 17.5 Å². The third-order valence-corrected chi connectivity index (χ3v) is 4.31. The van der Waals surface area contributed by atoms with Gasteiger partial charge >= 0.3 is 0 Å². The molecule has 110 valence electrons. The highest BCUT2D eigenvalue weighted by Crippen LogP contribution is 2.26. The van der Waals surface area contributed by atoms with Crippen LogP contribution in [-0.4, -0.2) is 29.5 Å². The predicted molar refractivity (Wildman–Crippen MR) is 75.4 cm³/mol. The van der Waals surface area contributed by atoms with E-state index in [1.807, 2.05) is 20.8 Å². The van der Waals surface area contributed by atoms with Gasteiger partial charge in [0.1, 0.15) is 11.0 Å². The van der Waals surface area contributed by atoms with Gasteiger partial charge in [-0.05, 0) is 12.8 Å². The van der Waals surface area contributed by atoms with Gasteiger partial charge in [0.25, 0.3) is 11.8 Å². The van der Waals surface area contributed by atoms with Crippen molar-refractivity contribution in [2.45, 2.75) is 45.1 Å². The molecular formula is C13H19N3O3S. The largest absolute Gasteiger partial charge is 0.368 e. The molecule has 1 aliphatic rings. The van der Waals surface area contributed by atoms with Crippen LogP contribution < -0.4 is 10.9 Å². The summed E-state index contributed by atoms with van der Waals surface area (Å²) in [5.74, 6) is -0.666. The standard InChI is InChI=1S/C13H19N3O3S/c1-13(2,3)12-14-7-9(20-12)11(18)16-15-10(17)8-5-4-6-19-8/h7-8H,4-6H2,1-3H3,(H,15,17)(H,16,18). The molecule has 0 saturated carbocycles. The van der Waals surface area contributed by atoms with Gasteiger partial charge < -0.3 is 4.74 Å². The third kappa shape index (κ3) is 3.55. The van der Waals surface area contributed by atoms with Crippen LogP contribution >= 0.6 is 11.3 Å². The lowest BCUT2D eigenvalue weighted by molar-refractivity contribution is -0.130. The van der Waals surface area contributed by atoms with Crippen molar-refractivity contribution in [3.8, 4) is 0 Å². The number of nitrogens with zero attached hydrogens (tertiary/aromatic N) is 1. The summed E-state index contributed by atoms with van der Waals surface area (Å²) in [6, 6.07) is 0. The first-order valence-corrected chi connectivity index (χ1v) is 7.37. The number of hydrogen-bond acceptors (Lipinski definition) is 5. The van der Waals surface area contributed by atoms with E-state index >= 15 is 0 Å². The zero-order valence-corrected chi connectivity index (χ0v) is 12.7. The van der Waals surface area contributed by atoms with Crippen LogP contribution in [0.5, 0.6) is 0 Å². The number of amides is 2. The minimum atomic E-state index is -0.457. The van der Waals surface area contributed by atoms with E-state index in [1.54, 1.807) is 0 Å².